The average molecular weight is 249 g/mol. The van der Waals surface area contributed by atoms with E-state index in [1.54, 1.807) is 6.07 Å². The van der Waals surface area contributed by atoms with Gasteiger partial charge < -0.3 is 14.1 Å². The van der Waals surface area contributed by atoms with Crippen LogP contribution in [0.4, 0.5) is 11.7 Å². The Balaban J connectivity index is 1.97. The molecule has 0 amide bonds. The molecule has 2 heterocycles. The van der Waals surface area contributed by atoms with Crippen molar-refractivity contribution >= 4 is 22.8 Å². The molecule has 0 aliphatic carbocycles. The first-order valence-corrected chi connectivity index (χ1v) is 5.62. The van der Waals surface area contributed by atoms with E-state index in [2.05, 4.69) is 4.98 Å². The molecular weight excluding hydrogens is 238 g/mol. The molecule has 7 heteroatoms. The summed E-state index contributed by atoms with van der Waals surface area (Å²) in [5.74, 6) is 0. The maximum Gasteiger partial charge on any atom is 0.298 e. The molecule has 0 spiro atoms. The first-order chi connectivity index (χ1) is 8.74. The predicted octanol–water partition coefficient (Wildman–Crippen LogP) is 1.57. The molecule has 1 aliphatic rings. The van der Waals surface area contributed by atoms with Crippen LogP contribution in [-0.4, -0.2) is 36.2 Å². The minimum absolute atomic E-state index is 0.0179. The maximum absolute atomic E-state index is 10.7. The number of aromatic nitrogens is 1. The minimum atomic E-state index is -0.442. The topological polar surface area (TPSA) is 81.6 Å². The number of non-ortho nitro benzene ring substituents is 1. The molecule has 7 nitrogen and oxygen atoms in total. The van der Waals surface area contributed by atoms with Gasteiger partial charge in [0.2, 0.25) is 0 Å². The van der Waals surface area contributed by atoms with Gasteiger partial charge in [0.25, 0.3) is 11.7 Å². The molecule has 2 aromatic rings. The van der Waals surface area contributed by atoms with Crippen molar-refractivity contribution in [3.05, 3.63) is 28.3 Å². The van der Waals surface area contributed by atoms with Crippen LogP contribution in [0.2, 0.25) is 0 Å². The van der Waals surface area contributed by atoms with E-state index in [4.69, 9.17) is 9.15 Å². The third kappa shape index (κ3) is 1.88. The Hall–Kier alpha value is -2.15. The Morgan fingerprint density at radius 1 is 1.33 bits per heavy atom. The highest BCUT2D eigenvalue weighted by Gasteiger charge is 2.18. The summed E-state index contributed by atoms with van der Waals surface area (Å²) in [4.78, 5) is 16.5. The fourth-order valence-electron chi connectivity index (χ4n) is 1.91. The molecule has 1 aromatic heterocycles. The summed E-state index contributed by atoms with van der Waals surface area (Å²) >= 11 is 0. The molecule has 0 N–H and O–H groups in total. The quantitative estimate of drug-likeness (QED) is 0.593. The highest BCUT2D eigenvalue weighted by atomic mass is 16.6. The SMILES string of the molecule is O=[N+]([O-])c1ccc2oc(N3CCOCC3)nc2c1. The lowest BCUT2D eigenvalue weighted by atomic mass is 10.3. The highest BCUT2D eigenvalue weighted by Crippen LogP contribution is 2.25. The molecule has 1 saturated heterocycles. The van der Waals surface area contributed by atoms with Crippen LogP contribution in [0.25, 0.3) is 11.1 Å². The van der Waals surface area contributed by atoms with Gasteiger partial charge in [0, 0.05) is 25.2 Å². The molecule has 1 aromatic carbocycles. The number of hydrogen-bond acceptors (Lipinski definition) is 6. The molecule has 3 rings (SSSR count). The Kier molecular flexibility index (Phi) is 2.60. The maximum atomic E-state index is 10.7. The van der Waals surface area contributed by atoms with Gasteiger partial charge in [-0.3, -0.25) is 10.1 Å². The molecule has 18 heavy (non-hydrogen) atoms. The second-order valence-corrected chi connectivity index (χ2v) is 4.00. The van der Waals surface area contributed by atoms with Crippen molar-refractivity contribution in [1.29, 1.82) is 0 Å². The second-order valence-electron chi connectivity index (χ2n) is 4.00. The fourth-order valence-corrected chi connectivity index (χ4v) is 1.91. The number of nitrogens with zero attached hydrogens (tertiary/aromatic N) is 3. The summed E-state index contributed by atoms with van der Waals surface area (Å²) in [6, 6.07) is 4.90. The third-order valence-electron chi connectivity index (χ3n) is 2.85. The number of nitro groups is 1. The van der Waals surface area contributed by atoms with E-state index in [1.807, 2.05) is 4.90 Å². The highest BCUT2D eigenvalue weighted by molar-refractivity contribution is 5.77. The molecule has 94 valence electrons. The Morgan fingerprint density at radius 2 is 2.11 bits per heavy atom. The van der Waals surface area contributed by atoms with E-state index >= 15 is 0 Å². The lowest BCUT2D eigenvalue weighted by molar-refractivity contribution is -0.384. The summed E-state index contributed by atoms with van der Waals surface area (Å²) < 4.78 is 10.8. The van der Waals surface area contributed by atoms with Crippen LogP contribution in [0, 0.1) is 10.1 Å². The van der Waals surface area contributed by atoms with E-state index in [1.165, 1.54) is 12.1 Å². The van der Waals surface area contributed by atoms with Crippen LogP contribution >= 0.6 is 0 Å². The molecule has 0 atom stereocenters. The van der Waals surface area contributed by atoms with E-state index in [9.17, 15) is 10.1 Å². The van der Waals surface area contributed by atoms with Gasteiger partial charge >= 0.3 is 0 Å². The molecule has 0 saturated carbocycles. The third-order valence-corrected chi connectivity index (χ3v) is 2.85. The van der Waals surface area contributed by atoms with E-state index in [0.717, 1.165) is 13.1 Å². The van der Waals surface area contributed by atoms with Crippen molar-refractivity contribution in [3.8, 4) is 0 Å². The van der Waals surface area contributed by atoms with Crippen molar-refractivity contribution in [2.24, 2.45) is 0 Å². The Morgan fingerprint density at radius 3 is 2.83 bits per heavy atom. The number of hydrogen-bond donors (Lipinski definition) is 0. The Labute approximate surface area is 102 Å². The minimum Gasteiger partial charge on any atom is -0.423 e. The lowest BCUT2D eigenvalue weighted by Crippen LogP contribution is -2.36. The first-order valence-electron chi connectivity index (χ1n) is 5.62. The number of rotatable bonds is 2. The van der Waals surface area contributed by atoms with Crippen LogP contribution < -0.4 is 4.90 Å². The molecule has 1 aliphatic heterocycles. The van der Waals surface area contributed by atoms with Crippen molar-refractivity contribution in [1.82, 2.24) is 4.98 Å². The van der Waals surface area contributed by atoms with Crippen LogP contribution in [0.15, 0.2) is 22.6 Å². The van der Waals surface area contributed by atoms with Crippen molar-refractivity contribution in [3.63, 3.8) is 0 Å². The van der Waals surface area contributed by atoms with E-state index < -0.39 is 4.92 Å². The zero-order chi connectivity index (χ0) is 12.5. The summed E-state index contributed by atoms with van der Waals surface area (Å²) in [7, 11) is 0. The summed E-state index contributed by atoms with van der Waals surface area (Å²) in [6.07, 6.45) is 0. The Bertz CT molecular complexity index is 589. The van der Waals surface area contributed by atoms with Gasteiger partial charge in [-0.2, -0.15) is 4.98 Å². The van der Waals surface area contributed by atoms with E-state index in [-0.39, 0.29) is 5.69 Å². The van der Waals surface area contributed by atoms with Crippen LogP contribution in [0.3, 0.4) is 0 Å². The van der Waals surface area contributed by atoms with Gasteiger partial charge in [-0.15, -0.1) is 0 Å². The van der Waals surface area contributed by atoms with Gasteiger partial charge in [0.1, 0.15) is 5.52 Å². The number of morpholine rings is 1. The number of fused-ring (bicyclic) bond motifs is 1. The fraction of sp³-hybridized carbons (Fsp3) is 0.364. The smallest absolute Gasteiger partial charge is 0.298 e. The number of benzene rings is 1. The number of nitro benzene ring substituents is 1. The zero-order valence-corrected chi connectivity index (χ0v) is 9.54. The van der Waals surface area contributed by atoms with Gasteiger partial charge in [-0.05, 0) is 6.07 Å². The molecular formula is C11H11N3O4. The summed E-state index contributed by atoms with van der Waals surface area (Å²) in [5.41, 5.74) is 1.08. The number of oxazole rings is 1. The second kappa shape index (κ2) is 4.26. The standard InChI is InChI=1S/C11H11N3O4/c15-14(16)8-1-2-10-9(7-8)12-11(18-10)13-3-5-17-6-4-13/h1-2,7H,3-6H2. The normalized spacial score (nSPS) is 16.1. The van der Waals surface area contributed by atoms with Crippen molar-refractivity contribution in [2.45, 2.75) is 0 Å². The predicted molar refractivity (Wildman–Crippen MR) is 63.7 cm³/mol. The van der Waals surface area contributed by atoms with Gasteiger partial charge in [0.05, 0.1) is 18.1 Å². The average Bonchev–Trinajstić information content (AvgIpc) is 2.82. The van der Waals surface area contributed by atoms with Crippen LogP contribution in [0.1, 0.15) is 0 Å². The van der Waals surface area contributed by atoms with Crippen LogP contribution in [0.5, 0.6) is 0 Å². The van der Waals surface area contributed by atoms with Crippen molar-refractivity contribution in [2.75, 3.05) is 31.2 Å². The molecule has 0 radical (unpaired) electrons. The van der Waals surface area contributed by atoms with Crippen LogP contribution in [-0.2, 0) is 4.74 Å². The molecule has 1 fully saturated rings. The first kappa shape index (κ1) is 11.0. The van der Waals surface area contributed by atoms with Gasteiger partial charge in [0.15, 0.2) is 5.58 Å². The molecule has 0 bridgehead atoms. The van der Waals surface area contributed by atoms with Crippen molar-refractivity contribution < 1.29 is 14.1 Å². The summed E-state index contributed by atoms with van der Waals surface area (Å²) in [5, 5.41) is 10.7. The number of anilines is 1. The van der Waals surface area contributed by atoms with Gasteiger partial charge in [-0.25, -0.2) is 0 Å². The number of ether oxygens (including phenoxy) is 1. The van der Waals surface area contributed by atoms with E-state index in [0.29, 0.717) is 30.3 Å². The molecule has 0 unspecified atom stereocenters. The lowest BCUT2D eigenvalue weighted by Gasteiger charge is -2.24. The largest absolute Gasteiger partial charge is 0.423 e. The van der Waals surface area contributed by atoms with Gasteiger partial charge in [-0.1, -0.05) is 0 Å². The zero-order valence-electron chi connectivity index (χ0n) is 9.54. The summed E-state index contributed by atoms with van der Waals surface area (Å²) in [6.45, 7) is 2.71. The monoisotopic (exact) mass is 249 g/mol.